The van der Waals surface area contributed by atoms with Gasteiger partial charge in [0.15, 0.2) is 0 Å². The quantitative estimate of drug-likeness (QED) is 0.862. The molecule has 0 unspecified atom stereocenters. The van der Waals surface area contributed by atoms with E-state index in [2.05, 4.69) is 20.9 Å². The molecule has 2 rings (SSSR count). The number of hydrogen-bond donors (Lipinski definition) is 1. The first-order valence-electron chi connectivity index (χ1n) is 4.00. The molecule has 0 radical (unpaired) electrons. The molecule has 0 aromatic carbocycles. The molecule has 4 heteroatoms. The van der Waals surface area contributed by atoms with E-state index in [0.29, 0.717) is 12.8 Å². The molecule has 0 spiro atoms. The molecule has 3 nitrogen and oxygen atoms in total. The molecule has 0 aliphatic heterocycles. The van der Waals surface area contributed by atoms with Gasteiger partial charge in [0.1, 0.15) is 0 Å². The first-order valence-corrected chi connectivity index (χ1v) is 4.79. The lowest BCUT2D eigenvalue weighted by Gasteiger charge is -2.10. The third kappa shape index (κ3) is 1.25. The van der Waals surface area contributed by atoms with Crippen molar-refractivity contribution in [3.63, 3.8) is 0 Å². The normalized spacial score (nSPS) is 18.2. The Labute approximate surface area is 83.9 Å². The van der Waals surface area contributed by atoms with Gasteiger partial charge in [-0.15, -0.1) is 0 Å². The van der Waals surface area contributed by atoms with Gasteiger partial charge in [-0.1, -0.05) is 15.9 Å². The van der Waals surface area contributed by atoms with Crippen molar-refractivity contribution >= 4 is 21.9 Å². The second-order valence-corrected chi connectivity index (χ2v) is 4.10. The summed E-state index contributed by atoms with van der Waals surface area (Å²) in [6.45, 7) is 0. The molecule has 1 aliphatic carbocycles. The van der Waals surface area contributed by atoms with E-state index in [1.807, 2.05) is 0 Å². The number of pyridine rings is 1. The maximum Gasteiger partial charge on any atom is 0.314 e. The molecular formula is C9H8BrNO2. The summed E-state index contributed by atoms with van der Waals surface area (Å²) in [4.78, 5) is 14.9. The molecule has 1 saturated carbocycles. The fourth-order valence-electron chi connectivity index (χ4n) is 1.45. The fraction of sp³-hybridized carbons (Fsp3) is 0.333. The minimum absolute atomic E-state index is 0.660. The molecule has 1 aromatic rings. The molecule has 0 amide bonds. The molecule has 1 heterocycles. The molecule has 1 N–H and O–H groups in total. The molecule has 1 aliphatic rings. The Balaban J connectivity index is 2.47. The summed E-state index contributed by atoms with van der Waals surface area (Å²) in [6.07, 6.45) is 4.70. The standard InChI is InChI=1S/C9H8BrNO2/c10-7-1-4-11-5-6(7)9(2-3-9)8(12)13/h1,4-5H,2-3H2,(H,12,13). The molecule has 0 bridgehead atoms. The first kappa shape index (κ1) is 8.69. The van der Waals surface area contributed by atoms with E-state index in [4.69, 9.17) is 5.11 Å². The summed E-state index contributed by atoms with van der Waals surface area (Å²) >= 11 is 3.34. The Hall–Kier alpha value is -0.900. The van der Waals surface area contributed by atoms with Crippen molar-refractivity contribution in [3.8, 4) is 0 Å². The van der Waals surface area contributed by atoms with E-state index >= 15 is 0 Å². The highest BCUT2D eigenvalue weighted by atomic mass is 79.9. The van der Waals surface area contributed by atoms with Crippen LogP contribution in [0.4, 0.5) is 0 Å². The van der Waals surface area contributed by atoms with Crippen molar-refractivity contribution in [3.05, 3.63) is 28.5 Å². The molecule has 1 fully saturated rings. The van der Waals surface area contributed by atoms with Crippen molar-refractivity contribution in [1.82, 2.24) is 4.98 Å². The number of carboxylic acid groups (broad SMARTS) is 1. The summed E-state index contributed by atoms with van der Waals surface area (Å²) in [5.41, 5.74) is 0.134. The lowest BCUT2D eigenvalue weighted by molar-refractivity contribution is -0.140. The molecule has 0 saturated heterocycles. The second-order valence-electron chi connectivity index (χ2n) is 3.24. The highest BCUT2D eigenvalue weighted by molar-refractivity contribution is 9.10. The largest absolute Gasteiger partial charge is 0.481 e. The van der Waals surface area contributed by atoms with Crippen LogP contribution in [0.15, 0.2) is 22.9 Å². The third-order valence-electron chi connectivity index (χ3n) is 2.44. The lowest BCUT2D eigenvalue weighted by Crippen LogP contribution is -2.20. The van der Waals surface area contributed by atoms with E-state index in [-0.39, 0.29) is 0 Å². The predicted octanol–water partition coefficient (Wildman–Crippen LogP) is 1.96. The first-order chi connectivity index (χ1) is 6.17. The Morgan fingerprint density at radius 2 is 2.31 bits per heavy atom. The molecule has 0 atom stereocenters. The average Bonchev–Trinajstić information content (AvgIpc) is 2.85. The van der Waals surface area contributed by atoms with Crippen LogP contribution >= 0.6 is 15.9 Å². The van der Waals surface area contributed by atoms with Gasteiger partial charge in [0.2, 0.25) is 0 Å². The van der Waals surface area contributed by atoms with Crippen LogP contribution in [-0.4, -0.2) is 16.1 Å². The summed E-state index contributed by atoms with van der Waals surface area (Å²) in [5.74, 6) is -0.749. The minimum Gasteiger partial charge on any atom is -0.481 e. The summed E-state index contributed by atoms with van der Waals surface area (Å²) in [7, 11) is 0. The number of aromatic nitrogens is 1. The molecule has 68 valence electrons. The van der Waals surface area contributed by atoms with Gasteiger partial charge < -0.3 is 5.11 Å². The van der Waals surface area contributed by atoms with Crippen molar-refractivity contribution in [2.45, 2.75) is 18.3 Å². The van der Waals surface area contributed by atoms with Crippen LogP contribution in [0.5, 0.6) is 0 Å². The van der Waals surface area contributed by atoms with E-state index in [1.54, 1.807) is 18.5 Å². The van der Waals surface area contributed by atoms with Gasteiger partial charge in [0.05, 0.1) is 5.41 Å². The zero-order valence-electron chi connectivity index (χ0n) is 6.83. The topological polar surface area (TPSA) is 50.2 Å². The van der Waals surface area contributed by atoms with Gasteiger partial charge in [0, 0.05) is 22.4 Å². The van der Waals surface area contributed by atoms with Crippen molar-refractivity contribution in [1.29, 1.82) is 0 Å². The molecule has 1 aromatic heterocycles. The highest BCUT2D eigenvalue weighted by Gasteiger charge is 2.52. The highest BCUT2D eigenvalue weighted by Crippen LogP contribution is 2.50. The van der Waals surface area contributed by atoms with E-state index in [0.717, 1.165) is 10.0 Å². The Morgan fingerprint density at radius 3 is 2.77 bits per heavy atom. The van der Waals surface area contributed by atoms with Crippen LogP contribution in [0.3, 0.4) is 0 Å². The van der Waals surface area contributed by atoms with Gasteiger partial charge in [-0.2, -0.15) is 0 Å². The number of hydrogen-bond acceptors (Lipinski definition) is 2. The van der Waals surface area contributed by atoms with Crippen LogP contribution in [0.2, 0.25) is 0 Å². The Bertz CT molecular complexity index is 360. The van der Waals surface area contributed by atoms with Crippen LogP contribution in [0, 0.1) is 0 Å². The van der Waals surface area contributed by atoms with Crippen LogP contribution in [-0.2, 0) is 10.2 Å². The van der Waals surface area contributed by atoms with Crippen molar-refractivity contribution in [2.24, 2.45) is 0 Å². The van der Waals surface area contributed by atoms with Crippen LogP contribution in [0.25, 0.3) is 0 Å². The number of nitrogens with zero attached hydrogens (tertiary/aromatic N) is 1. The van der Waals surface area contributed by atoms with Gasteiger partial charge in [-0.3, -0.25) is 9.78 Å². The fourth-order valence-corrected chi connectivity index (χ4v) is 2.05. The Kier molecular flexibility index (Phi) is 1.87. The number of halogens is 1. The van der Waals surface area contributed by atoms with E-state index in [9.17, 15) is 4.79 Å². The zero-order valence-corrected chi connectivity index (χ0v) is 8.41. The van der Waals surface area contributed by atoms with E-state index in [1.165, 1.54) is 0 Å². The van der Waals surface area contributed by atoms with Crippen LogP contribution < -0.4 is 0 Å². The number of aliphatic carboxylic acids is 1. The van der Waals surface area contributed by atoms with Gasteiger partial charge in [-0.05, 0) is 18.9 Å². The third-order valence-corrected chi connectivity index (χ3v) is 3.13. The SMILES string of the molecule is O=C(O)C1(c2cnccc2Br)CC1. The summed E-state index contributed by atoms with van der Waals surface area (Å²) in [6, 6.07) is 1.78. The zero-order chi connectivity index (χ0) is 9.47. The maximum atomic E-state index is 11.0. The molecule has 13 heavy (non-hydrogen) atoms. The number of rotatable bonds is 2. The van der Waals surface area contributed by atoms with Gasteiger partial charge in [0.25, 0.3) is 0 Å². The lowest BCUT2D eigenvalue weighted by atomic mass is 9.98. The molecular weight excluding hydrogens is 234 g/mol. The average molecular weight is 242 g/mol. The minimum atomic E-state index is -0.749. The van der Waals surface area contributed by atoms with Gasteiger partial charge >= 0.3 is 5.97 Å². The second kappa shape index (κ2) is 2.80. The summed E-state index contributed by atoms with van der Waals surface area (Å²) in [5, 5.41) is 9.03. The summed E-state index contributed by atoms with van der Waals surface area (Å²) < 4.78 is 0.836. The van der Waals surface area contributed by atoms with Crippen molar-refractivity contribution < 1.29 is 9.90 Å². The van der Waals surface area contributed by atoms with Crippen LogP contribution in [0.1, 0.15) is 18.4 Å². The van der Waals surface area contributed by atoms with Gasteiger partial charge in [-0.25, -0.2) is 0 Å². The number of carboxylic acids is 1. The van der Waals surface area contributed by atoms with Crippen molar-refractivity contribution in [2.75, 3.05) is 0 Å². The van der Waals surface area contributed by atoms with E-state index < -0.39 is 11.4 Å². The smallest absolute Gasteiger partial charge is 0.314 e. The maximum absolute atomic E-state index is 11.0. The monoisotopic (exact) mass is 241 g/mol. The Morgan fingerprint density at radius 1 is 1.62 bits per heavy atom. The predicted molar refractivity (Wildman–Crippen MR) is 50.5 cm³/mol. The number of carbonyl (C=O) groups is 1.